The average Bonchev–Trinajstić information content (AvgIpc) is 2.44. The van der Waals surface area contributed by atoms with Gasteiger partial charge in [0.15, 0.2) is 5.16 Å². The quantitative estimate of drug-likeness (QED) is 0.574. The Bertz CT molecular complexity index is 697. The first-order chi connectivity index (χ1) is 9.95. The Hall–Kier alpha value is -2.28. The topological polar surface area (TPSA) is 109 Å². The van der Waals surface area contributed by atoms with Crippen LogP contribution in [-0.2, 0) is 10.5 Å². The maximum atomic E-state index is 11.3. The molecule has 0 bridgehead atoms. The zero-order valence-corrected chi connectivity index (χ0v) is 12.2. The fourth-order valence-electron chi connectivity index (χ4n) is 1.72. The summed E-state index contributed by atoms with van der Waals surface area (Å²) in [6, 6.07) is 8.55. The maximum Gasteiger partial charge on any atom is 0.310 e. The van der Waals surface area contributed by atoms with Gasteiger partial charge in [0.05, 0.1) is 5.92 Å². The lowest BCUT2D eigenvalue weighted by atomic mass is 10.0. The summed E-state index contributed by atoms with van der Waals surface area (Å²) in [5.41, 5.74) is 6.99. The Kier molecular flexibility index (Phi) is 4.64. The van der Waals surface area contributed by atoms with Crippen LogP contribution in [0.1, 0.15) is 24.0 Å². The number of aliphatic carboxylic acids is 1. The lowest BCUT2D eigenvalue weighted by Crippen LogP contribution is -2.09. The number of benzene rings is 1. The summed E-state index contributed by atoms with van der Waals surface area (Å²) in [6.45, 7) is 1.65. The molecule has 1 heterocycles. The number of nitrogens with one attached hydrogen (secondary N) is 1. The van der Waals surface area contributed by atoms with E-state index in [2.05, 4.69) is 9.97 Å². The largest absolute Gasteiger partial charge is 0.481 e. The fraction of sp³-hybridized carbons (Fsp3) is 0.214. The second kappa shape index (κ2) is 6.45. The number of H-pyrrole nitrogens is 1. The third-order valence-electron chi connectivity index (χ3n) is 2.97. The highest BCUT2D eigenvalue weighted by atomic mass is 32.2. The van der Waals surface area contributed by atoms with Crippen molar-refractivity contribution in [1.29, 1.82) is 0 Å². The standard InChI is InChI=1S/C14H15N3O3S/c1-8(13(19)20)10-4-2-9(3-5-10)7-21-14-16-11(15)6-12(18)17-14/h2-6,8H,7H2,1H3,(H,19,20)(H3,15,16,17,18). The predicted octanol–water partition coefficient (Wildman–Crippen LogP) is 1.83. The third-order valence-corrected chi connectivity index (χ3v) is 3.91. The van der Waals surface area contributed by atoms with Gasteiger partial charge in [-0.3, -0.25) is 9.59 Å². The number of aromatic nitrogens is 2. The van der Waals surface area contributed by atoms with Crippen molar-refractivity contribution >= 4 is 23.5 Å². The van der Waals surface area contributed by atoms with Crippen LogP contribution in [0.2, 0.25) is 0 Å². The molecule has 2 aromatic rings. The van der Waals surface area contributed by atoms with Crippen molar-refractivity contribution in [3.8, 4) is 0 Å². The first-order valence-corrected chi connectivity index (χ1v) is 7.25. The molecule has 7 heteroatoms. The summed E-state index contributed by atoms with van der Waals surface area (Å²) in [7, 11) is 0. The molecule has 0 aliphatic carbocycles. The Morgan fingerprint density at radius 1 is 1.43 bits per heavy atom. The zero-order chi connectivity index (χ0) is 15.4. The van der Waals surface area contributed by atoms with Gasteiger partial charge in [-0.1, -0.05) is 36.0 Å². The molecule has 0 radical (unpaired) electrons. The maximum absolute atomic E-state index is 11.3. The van der Waals surface area contributed by atoms with Gasteiger partial charge >= 0.3 is 5.97 Å². The fourth-order valence-corrected chi connectivity index (χ4v) is 2.56. The highest BCUT2D eigenvalue weighted by Crippen LogP contribution is 2.21. The highest BCUT2D eigenvalue weighted by molar-refractivity contribution is 7.98. The molecule has 1 unspecified atom stereocenters. The highest BCUT2D eigenvalue weighted by Gasteiger charge is 2.13. The second-order valence-electron chi connectivity index (χ2n) is 4.57. The number of carboxylic acids is 1. The SMILES string of the molecule is CC(C(=O)O)c1ccc(CSc2nc(N)cc(=O)[nH]2)cc1. The van der Waals surface area contributed by atoms with E-state index < -0.39 is 11.9 Å². The number of aromatic amines is 1. The summed E-state index contributed by atoms with van der Waals surface area (Å²) < 4.78 is 0. The van der Waals surface area contributed by atoms with Gasteiger partial charge in [0.1, 0.15) is 5.82 Å². The van der Waals surface area contributed by atoms with E-state index in [1.54, 1.807) is 19.1 Å². The van der Waals surface area contributed by atoms with Crippen molar-refractivity contribution in [3.63, 3.8) is 0 Å². The van der Waals surface area contributed by atoms with Crippen LogP contribution in [0.4, 0.5) is 5.82 Å². The Morgan fingerprint density at radius 3 is 2.67 bits per heavy atom. The average molecular weight is 305 g/mol. The van der Waals surface area contributed by atoms with Crippen molar-refractivity contribution in [3.05, 3.63) is 51.8 Å². The van der Waals surface area contributed by atoms with Crippen LogP contribution in [0.5, 0.6) is 0 Å². The van der Waals surface area contributed by atoms with Crippen LogP contribution < -0.4 is 11.3 Å². The van der Waals surface area contributed by atoms with Gasteiger partial charge in [-0.2, -0.15) is 0 Å². The molecule has 4 N–H and O–H groups in total. The first kappa shape index (κ1) is 15.1. The molecule has 110 valence electrons. The first-order valence-electron chi connectivity index (χ1n) is 6.27. The molecule has 1 atom stereocenters. The van der Waals surface area contributed by atoms with Gasteiger partial charge < -0.3 is 15.8 Å². The van der Waals surface area contributed by atoms with Gasteiger partial charge in [0, 0.05) is 11.8 Å². The molecule has 2 rings (SSSR count). The van der Waals surface area contributed by atoms with Crippen LogP contribution in [0.3, 0.4) is 0 Å². The smallest absolute Gasteiger partial charge is 0.310 e. The van der Waals surface area contributed by atoms with Gasteiger partial charge in [-0.25, -0.2) is 4.98 Å². The number of nitrogen functional groups attached to an aromatic ring is 1. The molecule has 0 spiro atoms. The zero-order valence-electron chi connectivity index (χ0n) is 11.4. The van der Waals surface area contributed by atoms with Gasteiger partial charge in [-0.15, -0.1) is 0 Å². The minimum absolute atomic E-state index is 0.187. The van der Waals surface area contributed by atoms with E-state index in [4.69, 9.17) is 10.8 Å². The van der Waals surface area contributed by atoms with E-state index in [9.17, 15) is 9.59 Å². The molecule has 0 fully saturated rings. The molecule has 1 aromatic carbocycles. The van der Waals surface area contributed by atoms with Crippen LogP contribution in [0, 0.1) is 0 Å². The number of carbonyl (C=O) groups is 1. The minimum Gasteiger partial charge on any atom is -0.481 e. The van der Waals surface area contributed by atoms with Crippen LogP contribution in [-0.4, -0.2) is 21.0 Å². The van der Waals surface area contributed by atoms with Crippen molar-refractivity contribution < 1.29 is 9.90 Å². The normalized spacial score (nSPS) is 12.0. The number of nitrogens with zero attached hydrogens (tertiary/aromatic N) is 1. The molecule has 6 nitrogen and oxygen atoms in total. The summed E-state index contributed by atoms with van der Waals surface area (Å²) in [5.74, 6) is -0.585. The molecular weight excluding hydrogens is 290 g/mol. The van der Waals surface area contributed by atoms with Crippen molar-refractivity contribution in [2.45, 2.75) is 23.8 Å². The predicted molar refractivity (Wildman–Crippen MR) is 81.3 cm³/mol. The summed E-state index contributed by atoms with van der Waals surface area (Å²) in [4.78, 5) is 28.8. The van der Waals surface area contributed by atoms with Gasteiger partial charge in [0.25, 0.3) is 5.56 Å². The summed E-state index contributed by atoms with van der Waals surface area (Å²) in [6.07, 6.45) is 0. The van der Waals surface area contributed by atoms with E-state index in [0.717, 1.165) is 11.1 Å². The number of anilines is 1. The minimum atomic E-state index is -0.848. The monoisotopic (exact) mass is 305 g/mol. The van der Waals surface area contributed by atoms with E-state index in [1.807, 2.05) is 12.1 Å². The van der Waals surface area contributed by atoms with Crippen LogP contribution in [0.15, 0.2) is 40.3 Å². The van der Waals surface area contributed by atoms with E-state index in [1.165, 1.54) is 17.8 Å². The van der Waals surface area contributed by atoms with E-state index in [0.29, 0.717) is 10.9 Å². The molecule has 0 aliphatic heterocycles. The van der Waals surface area contributed by atoms with E-state index in [-0.39, 0.29) is 11.4 Å². The molecule has 0 saturated heterocycles. The van der Waals surface area contributed by atoms with Gasteiger partial charge in [0.2, 0.25) is 0 Å². The number of carboxylic acid groups (broad SMARTS) is 1. The number of thioether (sulfide) groups is 1. The Morgan fingerprint density at radius 2 is 2.10 bits per heavy atom. The third kappa shape index (κ3) is 4.09. The van der Waals surface area contributed by atoms with Crippen molar-refractivity contribution in [2.75, 3.05) is 5.73 Å². The Balaban J connectivity index is 2.04. The van der Waals surface area contributed by atoms with Crippen LogP contribution in [0.25, 0.3) is 0 Å². The summed E-state index contributed by atoms with van der Waals surface area (Å²) in [5, 5.41) is 9.41. The molecule has 0 aliphatic rings. The summed E-state index contributed by atoms with van der Waals surface area (Å²) >= 11 is 1.36. The number of hydrogen-bond acceptors (Lipinski definition) is 5. The molecule has 0 amide bonds. The van der Waals surface area contributed by atoms with Crippen LogP contribution >= 0.6 is 11.8 Å². The number of rotatable bonds is 5. The van der Waals surface area contributed by atoms with Crippen molar-refractivity contribution in [2.24, 2.45) is 0 Å². The molecular formula is C14H15N3O3S. The molecule has 0 saturated carbocycles. The van der Waals surface area contributed by atoms with Crippen molar-refractivity contribution in [1.82, 2.24) is 9.97 Å². The lowest BCUT2D eigenvalue weighted by molar-refractivity contribution is -0.138. The Labute approximate surface area is 125 Å². The second-order valence-corrected chi connectivity index (χ2v) is 5.53. The van der Waals surface area contributed by atoms with E-state index >= 15 is 0 Å². The number of nitrogens with two attached hydrogens (primary N) is 1. The van der Waals surface area contributed by atoms with Gasteiger partial charge in [-0.05, 0) is 18.1 Å². The number of hydrogen-bond donors (Lipinski definition) is 3. The lowest BCUT2D eigenvalue weighted by Gasteiger charge is -2.07. The molecule has 1 aromatic heterocycles. The molecule has 21 heavy (non-hydrogen) atoms.